The van der Waals surface area contributed by atoms with E-state index in [0.29, 0.717) is 45.2 Å². The van der Waals surface area contributed by atoms with Gasteiger partial charge >= 0.3 is 6.18 Å². The molecule has 6 nitrogen and oxygen atoms in total. The molecular formula is C29H23ClF3N5O. The van der Waals surface area contributed by atoms with Crippen molar-refractivity contribution in [2.45, 2.75) is 33.0 Å². The van der Waals surface area contributed by atoms with Crippen molar-refractivity contribution in [1.29, 1.82) is 0 Å². The van der Waals surface area contributed by atoms with Gasteiger partial charge < -0.3 is 0 Å². The first-order valence-corrected chi connectivity index (χ1v) is 12.3. The van der Waals surface area contributed by atoms with Gasteiger partial charge in [-0.3, -0.25) is 4.79 Å². The van der Waals surface area contributed by atoms with Gasteiger partial charge in [0, 0.05) is 22.7 Å². The number of benzene rings is 2. The summed E-state index contributed by atoms with van der Waals surface area (Å²) >= 11 is 6.13. The molecule has 0 bridgehead atoms. The highest BCUT2D eigenvalue weighted by Gasteiger charge is 2.33. The van der Waals surface area contributed by atoms with E-state index in [1.54, 1.807) is 16.6 Å². The van der Waals surface area contributed by atoms with Crippen molar-refractivity contribution in [2.24, 2.45) is 0 Å². The van der Waals surface area contributed by atoms with Gasteiger partial charge in [-0.1, -0.05) is 67.1 Å². The first-order valence-electron chi connectivity index (χ1n) is 11.9. The summed E-state index contributed by atoms with van der Waals surface area (Å²) in [4.78, 5) is 18.0. The number of rotatable bonds is 5. The molecule has 0 saturated heterocycles. The highest BCUT2D eigenvalue weighted by atomic mass is 35.5. The lowest BCUT2D eigenvalue weighted by atomic mass is 9.96. The second-order valence-electron chi connectivity index (χ2n) is 8.53. The third-order valence-electron chi connectivity index (χ3n) is 6.19. The molecule has 0 N–H and O–H groups in total. The standard InChI is InChI=1S/C27H21ClF3N5O.C2H2/c1-3-22-33-34-25-23(18-9-12-20(28)13-10-18)24(17-7-5-4-6-8-17)26(37)35(36(22)25)15-19-11-14-21(27(29,30)31)32-16(19)2;1-2/h4-14H,3,15H2,1-2H3;1-2H. The zero-order chi connectivity index (χ0) is 28.3. The Morgan fingerprint density at radius 3 is 2.13 bits per heavy atom. The van der Waals surface area contributed by atoms with Crippen LogP contribution in [0.3, 0.4) is 0 Å². The Balaban J connectivity index is 0.00000172. The molecule has 0 atom stereocenters. The van der Waals surface area contributed by atoms with Crippen LogP contribution < -0.4 is 5.56 Å². The van der Waals surface area contributed by atoms with E-state index in [0.717, 1.165) is 11.6 Å². The molecule has 3 aromatic heterocycles. The van der Waals surface area contributed by atoms with Crippen LogP contribution in [-0.2, 0) is 19.1 Å². The Labute approximate surface area is 227 Å². The zero-order valence-corrected chi connectivity index (χ0v) is 21.8. The lowest BCUT2D eigenvalue weighted by molar-refractivity contribution is -0.141. The van der Waals surface area contributed by atoms with Gasteiger partial charge in [0.25, 0.3) is 5.56 Å². The second-order valence-corrected chi connectivity index (χ2v) is 8.97. The Kier molecular flexibility index (Phi) is 7.88. The third-order valence-corrected chi connectivity index (χ3v) is 6.44. The summed E-state index contributed by atoms with van der Waals surface area (Å²) in [6.45, 7) is 3.38. The first kappa shape index (κ1) is 27.6. The van der Waals surface area contributed by atoms with E-state index in [-0.39, 0.29) is 17.8 Å². The topological polar surface area (TPSA) is 65.1 Å². The lowest BCUT2D eigenvalue weighted by Gasteiger charge is -2.18. The van der Waals surface area contributed by atoms with Crippen LogP contribution in [-0.4, -0.2) is 24.4 Å². The molecule has 5 rings (SSSR count). The van der Waals surface area contributed by atoms with Gasteiger partial charge in [0.05, 0.1) is 12.1 Å². The van der Waals surface area contributed by atoms with Crippen LogP contribution >= 0.6 is 11.6 Å². The summed E-state index contributed by atoms with van der Waals surface area (Å²) in [6.07, 6.45) is 3.92. The van der Waals surface area contributed by atoms with Crippen LogP contribution in [0.15, 0.2) is 71.5 Å². The molecule has 10 heteroatoms. The summed E-state index contributed by atoms with van der Waals surface area (Å²) in [5.74, 6) is 0.541. The largest absolute Gasteiger partial charge is 0.433 e. The highest BCUT2D eigenvalue weighted by Crippen LogP contribution is 2.34. The van der Waals surface area contributed by atoms with E-state index >= 15 is 0 Å². The molecule has 39 heavy (non-hydrogen) atoms. The number of hydrogen-bond acceptors (Lipinski definition) is 4. The predicted molar refractivity (Wildman–Crippen MR) is 145 cm³/mol. The van der Waals surface area contributed by atoms with Gasteiger partial charge in [-0.05, 0) is 41.8 Å². The van der Waals surface area contributed by atoms with Gasteiger partial charge in [0.1, 0.15) is 5.69 Å². The third kappa shape index (κ3) is 5.29. The number of pyridine rings is 1. The molecule has 0 aliphatic rings. The molecule has 0 unspecified atom stereocenters. The van der Waals surface area contributed by atoms with Gasteiger partial charge in [0.2, 0.25) is 0 Å². The summed E-state index contributed by atoms with van der Waals surface area (Å²) in [7, 11) is 0. The number of aromatic nitrogens is 5. The van der Waals surface area contributed by atoms with Crippen molar-refractivity contribution in [2.75, 3.05) is 0 Å². The van der Waals surface area contributed by atoms with Gasteiger partial charge in [-0.15, -0.1) is 23.0 Å². The van der Waals surface area contributed by atoms with E-state index in [4.69, 9.17) is 11.6 Å². The Morgan fingerprint density at radius 2 is 1.54 bits per heavy atom. The summed E-state index contributed by atoms with van der Waals surface area (Å²) < 4.78 is 42.7. The van der Waals surface area contributed by atoms with E-state index in [9.17, 15) is 18.0 Å². The quantitative estimate of drug-likeness (QED) is 0.236. The molecule has 5 aromatic rings. The monoisotopic (exact) mass is 549 g/mol. The van der Waals surface area contributed by atoms with E-state index in [1.165, 1.54) is 17.7 Å². The Morgan fingerprint density at radius 1 is 0.897 bits per heavy atom. The van der Waals surface area contributed by atoms with Crippen LogP contribution in [0, 0.1) is 19.8 Å². The number of alkyl halides is 3. The van der Waals surface area contributed by atoms with Crippen molar-refractivity contribution in [3.63, 3.8) is 0 Å². The highest BCUT2D eigenvalue weighted by molar-refractivity contribution is 6.30. The summed E-state index contributed by atoms with van der Waals surface area (Å²) in [6, 6.07) is 18.6. The van der Waals surface area contributed by atoms with Crippen LogP contribution in [0.5, 0.6) is 0 Å². The molecule has 0 amide bonds. The van der Waals surface area contributed by atoms with Crippen LogP contribution in [0.4, 0.5) is 13.2 Å². The van der Waals surface area contributed by atoms with E-state index in [2.05, 4.69) is 28.0 Å². The molecule has 2 aromatic carbocycles. The first-order chi connectivity index (χ1) is 18.7. The van der Waals surface area contributed by atoms with Gasteiger partial charge in [0.15, 0.2) is 11.5 Å². The van der Waals surface area contributed by atoms with Gasteiger partial charge in [-0.25, -0.2) is 14.2 Å². The molecule has 198 valence electrons. The molecule has 0 spiro atoms. The number of hydrogen-bond donors (Lipinski definition) is 0. The minimum atomic E-state index is -4.56. The predicted octanol–water partition coefficient (Wildman–Crippen LogP) is 6.46. The van der Waals surface area contributed by atoms with Crippen LogP contribution in [0.2, 0.25) is 5.02 Å². The fourth-order valence-electron chi connectivity index (χ4n) is 4.36. The van der Waals surface area contributed by atoms with Crippen molar-refractivity contribution >= 4 is 17.2 Å². The molecule has 0 saturated carbocycles. The smallest absolute Gasteiger partial charge is 0.267 e. The molecule has 0 aliphatic heterocycles. The number of aryl methyl sites for hydroxylation is 2. The van der Waals surface area contributed by atoms with Crippen molar-refractivity contribution < 1.29 is 13.2 Å². The molecule has 0 fully saturated rings. The number of terminal acetylenes is 1. The maximum absolute atomic E-state index is 14.2. The van der Waals surface area contributed by atoms with Crippen molar-refractivity contribution in [3.05, 3.63) is 105 Å². The SMILES string of the molecule is C#C.CCc1nnc2c(-c3ccc(Cl)cc3)c(-c3ccccc3)c(=O)n(Cc3ccc(C(F)(F)F)nc3C)n12. The fourth-order valence-corrected chi connectivity index (χ4v) is 4.49. The maximum atomic E-state index is 14.2. The molecule has 3 heterocycles. The summed E-state index contributed by atoms with van der Waals surface area (Å²) in [5.41, 5.74) is 2.22. The maximum Gasteiger partial charge on any atom is 0.433 e. The summed E-state index contributed by atoms with van der Waals surface area (Å²) in [5, 5.41) is 9.32. The van der Waals surface area contributed by atoms with Crippen LogP contribution in [0.25, 0.3) is 27.9 Å². The van der Waals surface area contributed by atoms with E-state index in [1.807, 2.05) is 49.4 Å². The Bertz CT molecular complexity index is 1710. The second kappa shape index (κ2) is 11.1. The van der Waals surface area contributed by atoms with Crippen molar-refractivity contribution in [1.82, 2.24) is 24.4 Å². The number of fused-ring (bicyclic) bond motifs is 1. The fraction of sp³-hybridized carbons (Fsp3) is 0.172. The zero-order valence-electron chi connectivity index (χ0n) is 21.1. The normalized spacial score (nSPS) is 11.3. The minimum absolute atomic E-state index is 0.0158. The molecular weight excluding hydrogens is 527 g/mol. The van der Waals surface area contributed by atoms with E-state index < -0.39 is 11.9 Å². The lowest BCUT2D eigenvalue weighted by Crippen LogP contribution is -2.30. The van der Waals surface area contributed by atoms with Gasteiger partial charge in [-0.2, -0.15) is 13.2 Å². The number of halogens is 4. The molecule has 0 radical (unpaired) electrons. The number of nitrogens with zero attached hydrogens (tertiary/aromatic N) is 5. The minimum Gasteiger partial charge on any atom is -0.267 e. The Hall–Kier alpha value is -4.42. The average molecular weight is 550 g/mol. The van der Waals surface area contributed by atoms with Crippen molar-refractivity contribution in [3.8, 4) is 35.1 Å². The molecule has 0 aliphatic carbocycles. The van der Waals surface area contributed by atoms with Crippen LogP contribution in [0.1, 0.15) is 29.7 Å². The average Bonchev–Trinajstić information content (AvgIpc) is 3.36.